The summed E-state index contributed by atoms with van der Waals surface area (Å²) in [7, 11) is 1.87. The normalized spacial score (nSPS) is 12.5. The Bertz CT molecular complexity index is 1290. The molecule has 0 saturated carbocycles. The molecule has 3 aromatic heterocycles. The van der Waals surface area contributed by atoms with Gasteiger partial charge < -0.3 is 14.3 Å². The van der Waals surface area contributed by atoms with Crippen LogP contribution >= 0.6 is 0 Å². The molecule has 0 aliphatic carbocycles. The Morgan fingerprint density at radius 3 is 2.68 bits per heavy atom. The van der Waals surface area contributed by atoms with Gasteiger partial charge in [0.15, 0.2) is 11.4 Å². The molecule has 3 heterocycles. The Labute approximate surface area is 159 Å². The minimum absolute atomic E-state index is 0.321. The molecular weight excluding hydrogens is 357 g/mol. The van der Waals surface area contributed by atoms with Gasteiger partial charge in [0, 0.05) is 30.4 Å². The van der Waals surface area contributed by atoms with E-state index in [1.807, 2.05) is 42.1 Å². The van der Waals surface area contributed by atoms with Crippen LogP contribution in [0.2, 0.25) is 0 Å². The van der Waals surface area contributed by atoms with Gasteiger partial charge >= 0.3 is 0 Å². The number of hydrogen-bond acceptors (Lipinski definition) is 5. The first-order valence-corrected chi connectivity index (χ1v) is 8.83. The highest BCUT2D eigenvalue weighted by atomic mass is 19.1. The number of nitrogens with zero attached hydrogens (tertiary/aromatic N) is 4. The van der Waals surface area contributed by atoms with Crippen LogP contribution in [0.1, 0.15) is 17.4 Å². The molecule has 0 spiro atoms. The van der Waals surface area contributed by atoms with Gasteiger partial charge in [0.2, 0.25) is 0 Å². The monoisotopic (exact) mass is 373 g/mol. The fourth-order valence-electron chi connectivity index (χ4n) is 3.41. The predicted molar refractivity (Wildman–Crippen MR) is 104 cm³/mol. The summed E-state index contributed by atoms with van der Waals surface area (Å²) in [6.45, 7) is 0. The van der Waals surface area contributed by atoms with Crippen molar-refractivity contribution in [3.63, 3.8) is 0 Å². The lowest BCUT2D eigenvalue weighted by Crippen LogP contribution is -2.18. The number of aryl methyl sites for hydroxylation is 1. The summed E-state index contributed by atoms with van der Waals surface area (Å²) >= 11 is 0. The van der Waals surface area contributed by atoms with E-state index >= 15 is 0 Å². The van der Waals surface area contributed by atoms with Crippen LogP contribution in [0.15, 0.2) is 71.7 Å². The first kappa shape index (κ1) is 16.4. The zero-order valence-corrected chi connectivity index (χ0v) is 15.0. The van der Waals surface area contributed by atoms with Crippen molar-refractivity contribution in [1.29, 1.82) is 0 Å². The van der Waals surface area contributed by atoms with Crippen molar-refractivity contribution in [2.45, 2.75) is 6.04 Å². The quantitative estimate of drug-likeness (QED) is 0.504. The van der Waals surface area contributed by atoms with E-state index < -0.39 is 6.04 Å². The van der Waals surface area contributed by atoms with Gasteiger partial charge in [0.1, 0.15) is 35.1 Å². The van der Waals surface area contributed by atoms with Crippen molar-refractivity contribution in [1.82, 2.24) is 19.5 Å². The fraction of sp³-hybridized carbons (Fsp3) is 0.0952. The summed E-state index contributed by atoms with van der Waals surface area (Å²) in [4.78, 5) is 13.1. The number of aromatic nitrogens is 4. The van der Waals surface area contributed by atoms with Gasteiger partial charge in [-0.15, -0.1) is 0 Å². The van der Waals surface area contributed by atoms with E-state index in [0.717, 1.165) is 11.0 Å². The number of rotatable bonds is 4. The molecule has 5 aromatic rings. The SMILES string of the molecule is Cn1ccnc1C(Nc1ncnc2c1oc1ccccc12)c1ccccc1F. The van der Waals surface area contributed by atoms with Crippen LogP contribution in [-0.2, 0) is 7.05 Å². The Morgan fingerprint density at radius 1 is 1.04 bits per heavy atom. The lowest BCUT2D eigenvalue weighted by molar-refractivity contribution is 0.595. The van der Waals surface area contributed by atoms with E-state index in [0.29, 0.717) is 28.3 Å². The van der Waals surface area contributed by atoms with Crippen molar-refractivity contribution in [3.8, 4) is 0 Å². The maximum atomic E-state index is 14.6. The summed E-state index contributed by atoms with van der Waals surface area (Å²) in [6.07, 6.45) is 4.98. The number of hydrogen-bond donors (Lipinski definition) is 1. The minimum atomic E-state index is -0.549. The first-order chi connectivity index (χ1) is 13.7. The second-order valence-electron chi connectivity index (χ2n) is 6.49. The summed E-state index contributed by atoms with van der Waals surface area (Å²) in [5.41, 5.74) is 2.43. The number of fused-ring (bicyclic) bond motifs is 3. The van der Waals surface area contributed by atoms with Crippen molar-refractivity contribution in [2.24, 2.45) is 7.05 Å². The molecule has 2 aromatic carbocycles. The highest BCUT2D eigenvalue weighted by Crippen LogP contribution is 2.33. The largest absolute Gasteiger partial charge is 0.450 e. The van der Waals surface area contributed by atoms with Crippen molar-refractivity contribution in [2.75, 3.05) is 5.32 Å². The summed E-state index contributed by atoms with van der Waals surface area (Å²) in [5, 5.41) is 4.22. The molecule has 0 fully saturated rings. The fourth-order valence-corrected chi connectivity index (χ4v) is 3.41. The topological polar surface area (TPSA) is 68.8 Å². The molecule has 0 radical (unpaired) electrons. The highest BCUT2D eigenvalue weighted by Gasteiger charge is 2.24. The van der Waals surface area contributed by atoms with Gasteiger partial charge in [-0.3, -0.25) is 0 Å². The van der Waals surface area contributed by atoms with E-state index in [2.05, 4.69) is 20.3 Å². The molecule has 0 bridgehead atoms. The van der Waals surface area contributed by atoms with Crippen LogP contribution < -0.4 is 5.32 Å². The molecule has 0 amide bonds. The molecule has 7 heteroatoms. The molecule has 0 aliphatic rings. The lowest BCUT2D eigenvalue weighted by atomic mass is 10.1. The minimum Gasteiger partial charge on any atom is -0.450 e. The Balaban J connectivity index is 1.68. The number of halogens is 1. The van der Waals surface area contributed by atoms with Gasteiger partial charge in [0.25, 0.3) is 0 Å². The number of imidazole rings is 1. The van der Waals surface area contributed by atoms with Crippen LogP contribution in [0.3, 0.4) is 0 Å². The summed E-state index contributed by atoms with van der Waals surface area (Å²) in [5.74, 6) is 0.823. The zero-order chi connectivity index (χ0) is 19.1. The van der Waals surface area contributed by atoms with E-state index in [-0.39, 0.29) is 5.82 Å². The molecule has 1 N–H and O–H groups in total. The van der Waals surface area contributed by atoms with E-state index in [1.54, 1.807) is 24.4 Å². The third-order valence-electron chi connectivity index (χ3n) is 4.77. The highest BCUT2D eigenvalue weighted by molar-refractivity contribution is 6.05. The van der Waals surface area contributed by atoms with Gasteiger partial charge in [0.05, 0.1) is 0 Å². The average molecular weight is 373 g/mol. The Kier molecular flexibility index (Phi) is 3.79. The third kappa shape index (κ3) is 2.60. The number of furan rings is 1. The van der Waals surface area contributed by atoms with Crippen LogP contribution in [0.25, 0.3) is 22.1 Å². The van der Waals surface area contributed by atoms with E-state index in [1.165, 1.54) is 12.4 Å². The number of para-hydroxylation sites is 1. The molecule has 1 unspecified atom stereocenters. The van der Waals surface area contributed by atoms with Crippen molar-refractivity contribution >= 4 is 27.9 Å². The smallest absolute Gasteiger partial charge is 0.196 e. The van der Waals surface area contributed by atoms with E-state index in [9.17, 15) is 4.39 Å². The van der Waals surface area contributed by atoms with E-state index in [4.69, 9.17) is 4.42 Å². The Morgan fingerprint density at radius 2 is 1.86 bits per heavy atom. The average Bonchev–Trinajstić information content (AvgIpc) is 3.31. The summed E-state index contributed by atoms with van der Waals surface area (Å²) in [6, 6.07) is 13.8. The van der Waals surface area contributed by atoms with Crippen LogP contribution in [0, 0.1) is 5.82 Å². The Hall–Kier alpha value is -3.74. The molecule has 0 aliphatic heterocycles. The molecule has 28 heavy (non-hydrogen) atoms. The van der Waals surface area contributed by atoms with Gasteiger partial charge in [-0.2, -0.15) is 0 Å². The standard InChI is InChI=1S/C21H16FN5O/c1-27-11-10-23-21(27)18(13-6-2-4-8-15(13)22)26-20-19-17(24-12-25-20)14-7-3-5-9-16(14)28-19/h2-12,18H,1H3,(H,24,25,26). The predicted octanol–water partition coefficient (Wildman–Crippen LogP) is 4.45. The molecule has 1 atom stereocenters. The number of anilines is 1. The maximum absolute atomic E-state index is 14.6. The number of nitrogens with one attached hydrogen (secondary N) is 1. The van der Waals surface area contributed by atoms with Crippen LogP contribution in [0.5, 0.6) is 0 Å². The maximum Gasteiger partial charge on any atom is 0.196 e. The van der Waals surface area contributed by atoms with Crippen LogP contribution in [0.4, 0.5) is 10.2 Å². The second-order valence-corrected chi connectivity index (χ2v) is 6.49. The van der Waals surface area contributed by atoms with Crippen molar-refractivity contribution in [3.05, 3.63) is 84.5 Å². The second kappa shape index (κ2) is 6.45. The third-order valence-corrected chi connectivity index (χ3v) is 4.77. The number of benzene rings is 2. The first-order valence-electron chi connectivity index (χ1n) is 8.83. The molecular formula is C21H16FN5O. The lowest BCUT2D eigenvalue weighted by Gasteiger charge is -2.20. The van der Waals surface area contributed by atoms with Gasteiger partial charge in [-0.1, -0.05) is 30.3 Å². The summed E-state index contributed by atoms with van der Waals surface area (Å²) < 4.78 is 22.5. The van der Waals surface area contributed by atoms with Gasteiger partial charge in [-0.25, -0.2) is 19.3 Å². The molecule has 5 rings (SSSR count). The van der Waals surface area contributed by atoms with Gasteiger partial charge in [-0.05, 0) is 18.2 Å². The van der Waals surface area contributed by atoms with Crippen molar-refractivity contribution < 1.29 is 8.81 Å². The van der Waals surface area contributed by atoms with Crippen LogP contribution in [-0.4, -0.2) is 19.5 Å². The zero-order valence-electron chi connectivity index (χ0n) is 15.0. The molecule has 0 saturated heterocycles. The molecule has 138 valence electrons. The molecule has 6 nitrogen and oxygen atoms in total.